The van der Waals surface area contributed by atoms with E-state index in [9.17, 15) is 15.3 Å². The van der Waals surface area contributed by atoms with Crippen molar-refractivity contribution in [2.24, 2.45) is 0 Å². The lowest BCUT2D eigenvalue weighted by atomic mass is 10.0. The highest BCUT2D eigenvalue weighted by Crippen LogP contribution is 2.15. The summed E-state index contributed by atoms with van der Waals surface area (Å²) in [6.45, 7) is -0.809. The van der Waals surface area contributed by atoms with Crippen molar-refractivity contribution in [3.05, 3.63) is 0 Å². The van der Waals surface area contributed by atoms with Gasteiger partial charge < -0.3 is 30.3 Å². The van der Waals surface area contributed by atoms with Crippen LogP contribution < -0.4 is 0 Å². The van der Waals surface area contributed by atoms with Crippen LogP contribution in [0.3, 0.4) is 0 Å². The van der Waals surface area contributed by atoms with Crippen LogP contribution in [-0.4, -0.2) is 68.0 Å². The summed E-state index contributed by atoms with van der Waals surface area (Å²) in [4.78, 5) is 0. The van der Waals surface area contributed by atoms with Crippen molar-refractivity contribution in [1.82, 2.24) is 0 Å². The van der Waals surface area contributed by atoms with Crippen LogP contribution in [0, 0.1) is 5.41 Å². The molecule has 6 N–H and O–H groups in total. The van der Waals surface area contributed by atoms with Crippen molar-refractivity contribution in [3.8, 4) is 0 Å². The number of rotatable bonds is 7. The molecule has 0 radical (unpaired) electrons. The molecule has 0 aliphatic carbocycles. The first-order valence-electron chi connectivity index (χ1n) is 3.93. The Kier molecular flexibility index (Phi) is 5.80. The van der Waals surface area contributed by atoms with Crippen molar-refractivity contribution in [1.29, 1.82) is 5.41 Å². The Morgan fingerprint density at radius 3 is 2.27 bits per heavy atom. The molecule has 0 aliphatic heterocycles. The van der Waals surface area contributed by atoms with Gasteiger partial charge in [-0.3, -0.25) is 5.41 Å². The van der Waals surface area contributed by atoms with E-state index in [-0.39, 0.29) is 0 Å². The van der Waals surface area contributed by atoms with Crippen LogP contribution in [-0.2, 0) is 4.74 Å². The van der Waals surface area contributed by atoms with Crippen LogP contribution >= 0.6 is 12.2 Å². The first-order valence-corrected chi connectivity index (χ1v) is 4.40. The molecular weight excluding hydrogens is 226 g/mol. The third-order valence-corrected chi connectivity index (χ3v) is 2.08. The standard InChI is InChI=1S/C7H13NO6S/c8-3-14-7(13,2-15)6(12)5(11)4(10)1-9/h2-6,8-13H,1H2/t4-,5+,6+,7-/m1/s1. The lowest BCUT2D eigenvalue weighted by Crippen LogP contribution is -2.55. The van der Waals surface area contributed by atoms with Gasteiger partial charge in [0.15, 0.2) is 12.5 Å². The summed E-state index contributed by atoms with van der Waals surface area (Å²) in [5, 5.41) is 52.7. The van der Waals surface area contributed by atoms with Gasteiger partial charge in [0.2, 0.25) is 0 Å². The van der Waals surface area contributed by atoms with E-state index in [1.165, 1.54) is 0 Å². The summed E-state index contributed by atoms with van der Waals surface area (Å²) in [7, 11) is 0. The minimum atomic E-state index is -2.47. The second kappa shape index (κ2) is 6.05. The van der Waals surface area contributed by atoms with Gasteiger partial charge in [0.25, 0.3) is 5.79 Å². The minimum Gasteiger partial charge on any atom is -0.445 e. The Hall–Kier alpha value is -0.640. The smallest absolute Gasteiger partial charge is 0.268 e. The Labute approximate surface area is 91.1 Å². The molecule has 7 nitrogen and oxygen atoms in total. The Balaban J connectivity index is 4.70. The molecule has 0 aromatic rings. The van der Waals surface area contributed by atoms with E-state index in [2.05, 4.69) is 17.0 Å². The maximum absolute atomic E-state index is 9.47. The van der Waals surface area contributed by atoms with Crippen molar-refractivity contribution in [3.63, 3.8) is 0 Å². The molecule has 4 atom stereocenters. The van der Waals surface area contributed by atoms with Gasteiger partial charge in [-0.2, -0.15) is 0 Å². The van der Waals surface area contributed by atoms with E-state index < -0.39 is 30.7 Å². The molecule has 0 spiro atoms. The molecule has 8 heteroatoms. The molecule has 0 heterocycles. The van der Waals surface area contributed by atoms with E-state index in [4.69, 9.17) is 15.6 Å². The first kappa shape index (κ1) is 14.4. The minimum absolute atomic E-state index is 0.323. The fourth-order valence-corrected chi connectivity index (χ4v) is 1.02. The highest BCUT2D eigenvalue weighted by Gasteiger charge is 2.42. The van der Waals surface area contributed by atoms with Crippen LogP contribution in [0.4, 0.5) is 0 Å². The average molecular weight is 239 g/mol. The van der Waals surface area contributed by atoms with Gasteiger partial charge in [0.05, 0.1) is 12.0 Å². The molecule has 0 amide bonds. The van der Waals surface area contributed by atoms with E-state index in [1.807, 2.05) is 0 Å². The monoisotopic (exact) mass is 239 g/mol. The molecule has 0 aromatic carbocycles. The molecule has 15 heavy (non-hydrogen) atoms. The largest absolute Gasteiger partial charge is 0.445 e. The number of hydrogen-bond acceptors (Lipinski definition) is 8. The van der Waals surface area contributed by atoms with E-state index >= 15 is 0 Å². The van der Waals surface area contributed by atoms with Crippen LogP contribution in [0.5, 0.6) is 0 Å². The number of ether oxygens (including phenoxy) is 1. The topological polar surface area (TPSA) is 134 Å². The van der Waals surface area contributed by atoms with E-state index in [0.717, 1.165) is 0 Å². The first-order chi connectivity index (χ1) is 6.92. The number of aliphatic hydroxyl groups excluding tert-OH is 4. The van der Waals surface area contributed by atoms with Gasteiger partial charge in [-0.1, -0.05) is 12.2 Å². The van der Waals surface area contributed by atoms with Crippen molar-refractivity contribution >= 4 is 24.0 Å². The number of aliphatic hydroxyl groups is 5. The third-order valence-electron chi connectivity index (χ3n) is 1.75. The van der Waals surface area contributed by atoms with Crippen molar-refractivity contribution < 1.29 is 30.3 Å². The van der Waals surface area contributed by atoms with Gasteiger partial charge in [-0.05, 0) is 0 Å². The normalized spacial score (nSPS) is 20.9. The predicted octanol–water partition coefficient (Wildman–Crippen LogP) is -2.63. The van der Waals surface area contributed by atoms with Crippen molar-refractivity contribution in [2.45, 2.75) is 24.1 Å². The zero-order valence-electron chi connectivity index (χ0n) is 7.65. The zero-order chi connectivity index (χ0) is 12.1. The Bertz CT molecular complexity index is 228. The maximum Gasteiger partial charge on any atom is 0.268 e. The maximum atomic E-state index is 9.47. The van der Waals surface area contributed by atoms with E-state index in [1.54, 1.807) is 0 Å². The molecule has 0 rings (SSSR count). The summed E-state index contributed by atoms with van der Waals surface area (Å²) in [5.41, 5.74) is 0. The summed E-state index contributed by atoms with van der Waals surface area (Å²) in [5.74, 6) is -2.47. The Morgan fingerprint density at radius 1 is 1.40 bits per heavy atom. The highest BCUT2D eigenvalue weighted by molar-refractivity contribution is 7.79. The molecule has 0 saturated carbocycles. The van der Waals surface area contributed by atoms with Crippen LogP contribution in [0.2, 0.25) is 0 Å². The van der Waals surface area contributed by atoms with Gasteiger partial charge in [-0.15, -0.1) is 0 Å². The molecule has 0 fully saturated rings. The molecule has 0 unspecified atom stereocenters. The molecule has 0 aromatic heterocycles. The zero-order valence-corrected chi connectivity index (χ0v) is 8.46. The van der Waals surface area contributed by atoms with Gasteiger partial charge >= 0.3 is 0 Å². The van der Waals surface area contributed by atoms with Gasteiger partial charge in [0.1, 0.15) is 12.2 Å². The van der Waals surface area contributed by atoms with Crippen molar-refractivity contribution in [2.75, 3.05) is 6.61 Å². The lowest BCUT2D eigenvalue weighted by Gasteiger charge is -2.31. The second-order valence-corrected chi connectivity index (χ2v) is 3.03. The summed E-state index contributed by atoms with van der Waals surface area (Å²) >= 11 is 4.35. The SMILES string of the molecule is N=CO[C@](O)(C=S)[C@@H](O)[C@@H](O)[C@H](O)CO. The second-order valence-electron chi connectivity index (χ2n) is 2.79. The summed E-state index contributed by atoms with van der Waals surface area (Å²) in [6, 6.07) is 0. The van der Waals surface area contributed by atoms with Gasteiger partial charge in [-0.25, -0.2) is 0 Å². The molecule has 88 valence electrons. The highest BCUT2D eigenvalue weighted by atomic mass is 32.1. The molecule has 0 saturated heterocycles. The molecule has 0 bridgehead atoms. The Morgan fingerprint density at radius 2 is 1.93 bits per heavy atom. The average Bonchev–Trinajstić information content (AvgIpc) is 2.26. The van der Waals surface area contributed by atoms with E-state index in [0.29, 0.717) is 11.8 Å². The quantitative estimate of drug-likeness (QED) is 0.124. The van der Waals surface area contributed by atoms with Crippen LogP contribution in [0.15, 0.2) is 0 Å². The molecular formula is C7H13NO6S. The van der Waals surface area contributed by atoms with Gasteiger partial charge in [0, 0.05) is 0 Å². The summed E-state index contributed by atoms with van der Waals surface area (Å²) < 4.78 is 4.29. The van der Waals surface area contributed by atoms with Crippen LogP contribution in [0.25, 0.3) is 0 Å². The fraction of sp³-hybridized carbons (Fsp3) is 0.714. The molecule has 0 aliphatic rings. The number of hydrogen-bond donors (Lipinski definition) is 6. The number of thiocarbonyl (C=S) groups is 1. The third kappa shape index (κ3) is 3.45. The van der Waals surface area contributed by atoms with Crippen LogP contribution in [0.1, 0.15) is 0 Å². The lowest BCUT2D eigenvalue weighted by molar-refractivity contribution is -0.203. The fourth-order valence-electron chi connectivity index (χ4n) is 0.825. The summed E-state index contributed by atoms with van der Waals surface area (Å²) in [6.07, 6.45) is -5.18. The predicted molar refractivity (Wildman–Crippen MR) is 53.6 cm³/mol. The number of nitrogens with one attached hydrogen (secondary N) is 1.